The van der Waals surface area contributed by atoms with Gasteiger partial charge in [-0.3, -0.25) is 0 Å². The van der Waals surface area contributed by atoms with Crippen molar-refractivity contribution in [3.63, 3.8) is 0 Å². The fourth-order valence-corrected chi connectivity index (χ4v) is 1.69. The van der Waals surface area contributed by atoms with Crippen LogP contribution in [0.3, 0.4) is 0 Å². The number of methoxy groups -OCH3 is 1. The molecule has 2 aromatic rings. The normalized spacial score (nSPS) is 10.6. The molecule has 0 atom stereocenters. The lowest BCUT2D eigenvalue weighted by Crippen LogP contribution is -1.96. The lowest BCUT2D eigenvalue weighted by atomic mass is 10.2. The highest BCUT2D eigenvalue weighted by Gasteiger charge is 1.98. The SMILES string of the molecule is COC(=O)/C=C/c1cccc(OCc2ccc(F)cc2)c1. The quantitative estimate of drug-likeness (QED) is 0.622. The number of esters is 1. The lowest BCUT2D eigenvalue weighted by Gasteiger charge is -2.07. The first-order valence-electron chi connectivity index (χ1n) is 6.41. The Balaban J connectivity index is 1.99. The van der Waals surface area contributed by atoms with Gasteiger partial charge in [-0.25, -0.2) is 9.18 Å². The van der Waals surface area contributed by atoms with Gasteiger partial charge in [-0.15, -0.1) is 0 Å². The van der Waals surface area contributed by atoms with E-state index in [1.165, 1.54) is 25.3 Å². The van der Waals surface area contributed by atoms with Gasteiger partial charge < -0.3 is 9.47 Å². The number of carbonyl (C=O) groups excluding carboxylic acids is 1. The molecule has 3 nitrogen and oxygen atoms in total. The second-order valence-corrected chi connectivity index (χ2v) is 4.34. The molecule has 0 aliphatic heterocycles. The Labute approximate surface area is 122 Å². The smallest absolute Gasteiger partial charge is 0.330 e. The first-order valence-corrected chi connectivity index (χ1v) is 6.41. The molecule has 0 spiro atoms. The summed E-state index contributed by atoms with van der Waals surface area (Å²) in [6.45, 7) is 0.352. The van der Waals surface area contributed by atoms with Crippen LogP contribution in [0.15, 0.2) is 54.6 Å². The van der Waals surface area contributed by atoms with Crippen LogP contribution in [0.5, 0.6) is 5.75 Å². The van der Waals surface area contributed by atoms with Gasteiger partial charge >= 0.3 is 5.97 Å². The van der Waals surface area contributed by atoms with Crippen molar-refractivity contribution in [2.45, 2.75) is 6.61 Å². The summed E-state index contributed by atoms with van der Waals surface area (Å²) in [5, 5.41) is 0. The molecule has 0 fully saturated rings. The van der Waals surface area contributed by atoms with Gasteiger partial charge in [0.1, 0.15) is 18.2 Å². The second-order valence-electron chi connectivity index (χ2n) is 4.34. The molecule has 0 bridgehead atoms. The average molecular weight is 286 g/mol. The van der Waals surface area contributed by atoms with Crippen molar-refractivity contribution in [3.05, 3.63) is 71.6 Å². The Bertz CT molecular complexity index is 633. The molecule has 108 valence electrons. The zero-order valence-corrected chi connectivity index (χ0v) is 11.6. The van der Waals surface area contributed by atoms with Crippen molar-refractivity contribution < 1.29 is 18.7 Å². The van der Waals surface area contributed by atoms with Crippen molar-refractivity contribution in [1.29, 1.82) is 0 Å². The third-order valence-electron chi connectivity index (χ3n) is 2.79. The van der Waals surface area contributed by atoms with Crippen LogP contribution in [0.4, 0.5) is 4.39 Å². The van der Waals surface area contributed by atoms with E-state index in [4.69, 9.17) is 4.74 Å². The molecule has 0 amide bonds. The molecule has 0 saturated carbocycles. The minimum absolute atomic E-state index is 0.270. The average Bonchev–Trinajstić information content (AvgIpc) is 2.52. The van der Waals surface area contributed by atoms with E-state index in [2.05, 4.69) is 4.74 Å². The summed E-state index contributed by atoms with van der Waals surface area (Å²) in [5.41, 5.74) is 1.71. The van der Waals surface area contributed by atoms with E-state index in [1.807, 2.05) is 24.3 Å². The van der Waals surface area contributed by atoms with E-state index < -0.39 is 5.97 Å². The first kappa shape index (κ1) is 14.8. The maximum absolute atomic E-state index is 12.8. The van der Waals surface area contributed by atoms with E-state index in [9.17, 15) is 9.18 Å². The molecular formula is C17H15FO3. The van der Waals surface area contributed by atoms with E-state index in [0.717, 1.165) is 11.1 Å². The zero-order valence-electron chi connectivity index (χ0n) is 11.6. The maximum Gasteiger partial charge on any atom is 0.330 e. The zero-order chi connectivity index (χ0) is 15.1. The highest BCUT2D eigenvalue weighted by atomic mass is 19.1. The van der Waals surface area contributed by atoms with Gasteiger partial charge in [0.2, 0.25) is 0 Å². The van der Waals surface area contributed by atoms with Crippen molar-refractivity contribution in [2.24, 2.45) is 0 Å². The largest absolute Gasteiger partial charge is 0.489 e. The Morgan fingerprint density at radius 3 is 2.67 bits per heavy atom. The summed E-state index contributed by atoms with van der Waals surface area (Å²) < 4.78 is 23.0. The second kappa shape index (κ2) is 7.24. The molecule has 0 saturated heterocycles. The van der Waals surface area contributed by atoms with Crippen LogP contribution in [0.1, 0.15) is 11.1 Å². The van der Waals surface area contributed by atoms with Gasteiger partial charge in [-0.05, 0) is 41.5 Å². The molecule has 2 aromatic carbocycles. The number of benzene rings is 2. The van der Waals surface area contributed by atoms with Crippen LogP contribution in [0.2, 0.25) is 0 Å². The van der Waals surface area contributed by atoms with Crippen LogP contribution < -0.4 is 4.74 Å². The van der Waals surface area contributed by atoms with Gasteiger partial charge in [-0.1, -0.05) is 24.3 Å². The Hall–Kier alpha value is -2.62. The Kier molecular flexibility index (Phi) is 5.10. The fourth-order valence-electron chi connectivity index (χ4n) is 1.69. The van der Waals surface area contributed by atoms with E-state index >= 15 is 0 Å². The van der Waals surface area contributed by atoms with Gasteiger partial charge in [0.05, 0.1) is 7.11 Å². The molecule has 0 heterocycles. The topological polar surface area (TPSA) is 35.5 Å². The fraction of sp³-hybridized carbons (Fsp3) is 0.118. The number of halogens is 1. The van der Waals surface area contributed by atoms with Crippen LogP contribution >= 0.6 is 0 Å². The predicted molar refractivity (Wildman–Crippen MR) is 78.2 cm³/mol. The van der Waals surface area contributed by atoms with Crippen molar-refractivity contribution in [3.8, 4) is 5.75 Å². The molecular weight excluding hydrogens is 271 g/mol. The van der Waals surface area contributed by atoms with Crippen molar-refractivity contribution in [1.82, 2.24) is 0 Å². The molecule has 21 heavy (non-hydrogen) atoms. The first-order chi connectivity index (χ1) is 10.2. The number of hydrogen-bond donors (Lipinski definition) is 0. The number of hydrogen-bond acceptors (Lipinski definition) is 3. The molecule has 0 N–H and O–H groups in total. The number of carbonyl (C=O) groups is 1. The minimum atomic E-state index is -0.410. The monoisotopic (exact) mass is 286 g/mol. The van der Waals surface area contributed by atoms with E-state index in [1.54, 1.807) is 18.2 Å². The van der Waals surface area contributed by atoms with Gasteiger partial charge in [0, 0.05) is 6.08 Å². The number of ether oxygens (including phenoxy) is 2. The standard InChI is InChI=1S/C17H15FO3/c1-20-17(19)10-7-13-3-2-4-16(11-13)21-12-14-5-8-15(18)9-6-14/h2-11H,12H2,1H3/b10-7+. The molecule has 0 aliphatic rings. The highest BCUT2D eigenvalue weighted by Crippen LogP contribution is 2.16. The third-order valence-corrected chi connectivity index (χ3v) is 2.79. The van der Waals surface area contributed by atoms with E-state index in [-0.39, 0.29) is 5.82 Å². The Morgan fingerprint density at radius 2 is 1.95 bits per heavy atom. The van der Waals surface area contributed by atoms with E-state index in [0.29, 0.717) is 12.4 Å². The summed E-state index contributed by atoms with van der Waals surface area (Å²) >= 11 is 0. The van der Waals surface area contributed by atoms with Gasteiger partial charge in [0.15, 0.2) is 0 Å². The van der Waals surface area contributed by atoms with Crippen LogP contribution in [0, 0.1) is 5.82 Å². The predicted octanol–water partition coefficient (Wildman–Crippen LogP) is 3.59. The molecule has 0 radical (unpaired) electrons. The molecule has 0 aromatic heterocycles. The summed E-state index contributed by atoms with van der Waals surface area (Å²) in [6.07, 6.45) is 3.00. The molecule has 0 aliphatic carbocycles. The molecule has 2 rings (SSSR count). The summed E-state index contributed by atoms with van der Waals surface area (Å²) in [6, 6.07) is 13.5. The molecule has 0 unspecified atom stereocenters. The lowest BCUT2D eigenvalue weighted by molar-refractivity contribution is -0.134. The summed E-state index contributed by atoms with van der Waals surface area (Å²) in [7, 11) is 1.33. The molecule has 4 heteroatoms. The van der Waals surface area contributed by atoms with Crippen molar-refractivity contribution >= 4 is 12.0 Å². The third kappa shape index (κ3) is 4.76. The van der Waals surface area contributed by atoms with Crippen LogP contribution in [-0.4, -0.2) is 13.1 Å². The summed E-state index contributed by atoms with van der Waals surface area (Å²) in [5.74, 6) is -0.00679. The number of rotatable bonds is 5. The summed E-state index contributed by atoms with van der Waals surface area (Å²) in [4.78, 5) is 11.0. The van der Waals surface area contributed by atoms with Crippen molar-refractivity contribution in [2.75, 3.05) is 7.11 Å². The maximum atomic E-state index is 12.8. The van der Waals surface area contributed by atoms with Gasteiger partial charge in [0.25, 0.3) is 0 Å². The Morgan fingerprint density at radius 1 is 1.19 bits per heavy atom. The van der Waals surface area contributed by atoms with Crippen LogP contribution in [-0.2, 0) is 16.1 Å². The van der Waals surface area contributed by atoms with Crippen LogP contribution in [0.25, 0.3) is 6.08 Å². The highest BCUT2D eigenvalue weighted by molar-refractivity contribution is 5.86. The minimum Gasteiger partial charge on any atom is -0.489 e. The van der Waals surface area contributed by atoms with Gasteiger partial charge in [-0.2, -0.15) is 0 Å².